The van der Waals surface area contributed by atoms with Crippen molar-refractivity contribution in [1.29, 1.82) is 0 Å². The van der Waals surface area contributed by atoms with Gasteiger partial charge in [-0.3, -0.25) is 4.68 Å². The Kier molecular flexibility index (Phi) is 4.73. The lowest BCUT2D eigenvalue weighted by molar-refractivity contribution is 0.651. The summed E-state index contributed by atoms with van der Waals surface area (Å²) in [4.78, 5) is 0. The Morgan fingerprint density at radius 1 is 1.56 bits per heavy atom. The highest BCUT2D eigenvalue weighted by molar-refractivity contribution is 7.80. The van der Waals surface area contributed by atoms with Crippen LogP contribution >= 0.6 is 12.2 Å². The molecule has 1 unspecified atom stereocenters. The topological polar surface area (TPSA) is 41.9 Å². The van der Waals surface area contributed by atoms with Gasteiger partial charge in [0.25, 0.3) is 0 Å². The van der Waals surface area contributed by atoms with Crippen LogP contribution in [0.25, 0.3) is 0 Å². The van der Waals surface area contributed by atoms with Crippen molar-refractivity contribution < 1.29 is 0 Å². The van der Waals surface area contributed by atoms with E-state index in [1.165, 1.54) is 5.56 Å². The zero-order valence-corrected chi connectivity index (χ0v) is 11.2. The molecule has 90 valence electrons. The minimum Gasteiger partial charge on any atom is -0.363 e. The second-order valence-electron chi connectivity index (χ2n) is 3.75. The van der Waals surface area contributed by atoms with Gasteiger partial charge in [-0.25, -0.2) is 0 Å². The Balaban J connectivity index is 2.68. The molecule has 0 spiro atoms. The van der Waals surface area contributed by atoms with Crippen molar-refractivity contribution in [2.45, 2.75) is 40.3 Å². The van der Waals surface area contributed by atoms with Crippen molar-refractivity contribution >= 4 is 17.3 Å². The molecule has 1 rings (SSSR count). The van der Waals surface area contributed by atoms with Crippen LogP contribution in [0.3, 0.4) is 0 Å². The van der Waals surface area contributed by atoms with Crippen LogP contribution in [0.2, 0.25) is 0 Å². The predicted molar refractivity (Wildman–Crippen MR) is 70.5 cm³/mol. The lowest BCUT2D eigenvalue weighted by Crippen LogP contribution is -2.36. The maximum atomic E-state index is 5.16. The van der Waals surface area contributed by atoms with Crippen molar-refractivity contribution in [2.24, 2.45) is 0 Å². The summed E-state index contributed by atoms with van der Waals surface area (Å²) in [6.45, 7) is 9.96. The average Bonchev–Trinajstić information content (AvgIpc) is 2.60. The van der Waals surface area contributed by atoms with Crippen molar-refractivity contribution in [3.8, 4) is 0 Å². The van der Waals surface area contributed by atoms with E-state index in [0.29, 0.717) is 5.11 Å². The zero-order chi connectivity index (χ0) is 12.1. The molecule has 0 amide bonds. The second-order valence-corrected chi connectivity index (χ2v) is 4.16. The maximum absolute atomic E-state index is 5.16. The number of rotatable bonds is 4. The van der Waals surface area contributed by atoms with Gasteiger partial charge in [0.1, 0.15) is 0 Å². The summed E-state index contributed by atoms with van der Waals surface area (Å²) in [6, 6.07) is 0.187. The van der Waals surface area contributed by atoms with E-state index in [1.807, 2.05) is 18.5 Å². The smallest absolute Gasteiger partial charge is 0.166 e. The quantitative estimate of drug-likeness (QED) is 0.787. The number of aryl methyl sites for hydroxylation is 2. The highest BCUT2D eigenvalue weighted by Crippen LogP contribution is 2.15. The van der Waals surface area contributed by atoms with Crippen LogP contribution in [-0.2, 0) is 6.54 Å². The first-order valence-corrected chi connectivity index (χ1v) is 6.07. The van der Waals surface area contributed by atoms with Gasteiger partial charge < -0.3 is 10.6 Å². The molecule has 0 aliphatic rings. The van der Waals surface area contributed by atoms with E-state index in [9.17, 15) is 0 Å². The van der Waals surface area contributed by atoms with Gasteiger partial charge in [-0.05, 0) is 39.9 Å². The fourth-order valence-electron chi connectivity index (χ4n) is 1.61. The molecule has 0 bridgehead atoms. The van der Waals surface area contributed by atoms with Crippen LogP contribution in [0.5, 0.6) is 0 Å². The van der Waals surface area contributed by atoms with Gasteiger partial charge >= 0.3 is 0 Å². The van der Waals surface area contributed by atoms with Crippen molar-refractivity contribution in [3.05, 3.63) is 17.5 Å². The first-order chi connectivity index (χ1) is 7.58. The minimum absolute atomic E-state index is 0.187. The van der Waals surface area contributed by atoms with Crippen LogP contribution in [-0.4, -0.2) is 21.4 Å². The summed E-state index contributed by atoms with van der Waals surface area (Å²) < 4.78 is 1.94. The van der Waals surface area contributed by atoms with Gasteiger partial charge in [0.15, 0.2) is 5.11 Å². The Morgan fingerprint density at radius 3 is 2.75 bits per heavy atom. The van der Waals surface area contributed by atoms with Crippen LogP contribution in [0, 0.1) is 6.92 Å². The summed E-state index contributed by atoms with van der Waals surface area (Å²) in [7, 11) is 0. The predicted octanol–water partition coefficient (Wildman–Crippen LogP) is 1.76. The fraction of sp³-hybridized carbons (Fsp3) is 0.636. The van der Waals surface area contributed by atoms with Crippen molar-refractivity contribution in [3.63, 3.8) is 0 Å². The lowest BCUT2D eigenvalue weighted by Gasteiger charge is -2.15. The third-order valence-corrected chi connectivity index (χ3v) is 2.72. The fourth-order valence-corrected chi connectivity index (χ4v) is 1.93. The van der Waals surface area contributed by atoms with Crippen LogP contribution in [0.15, 0.2) is 6.20 Å². The normalized spacial score (nSPS) is 12.2. The van der Waals surface area contributed by atoms with Crippen LogP contribution < -0.4 is 10.6 Å². The van der Waals surface area contributed by atoms with E-state index < -0.39 is 0 Å². The highest BCUT2D eigenvalue weighted by atomic mass is 32.1. The molecule has 1 aromatic heterocycles. The van der Waals surface area contributed by atoms with Gasteiger partial charge in [-0.15, -0.1) is 0 Å². The molecule has 0 aliphatic heterocycles. The molecule has 16 heavy (non-hydrogen) atoms. The maximum Gasteiger partial charge on any atom is 0.166 e. The van der Waals surface area contributed by atoms with E-state index in [4.69, 9.17) is 12.2 Å². The molecule has 0 saturated heterocycles. The third-order valence-electron chi connectivity index (χ3n) is 2.46. The molecule has 1 heterocycles. The minimum atomic E-state index is 0.187. The van der Waals surface area contributed by atoms with Gasteiger partial charge in [-0.1, -0.05) is 0 Å². The molecule has 4 nitrogen and oxygen atoms in total. The Hall–Kier alpha value is -1.10. The van der Waals surface area contributed by atoms with Crippen LogP contribution in [0.1, 0.15) is 38.1 Å². The number of aromatic nitrogens is 2. The summed E-state index contributed by atoms with van der Waals surface area (Å²) >= 11 is 5.16. The molecule has 1 atom stereocenters. The van der Waals surface area contributed by atoms with E-state index in [0.717, 1.165) is 18.8 Å². The van der Waals surface area contributed by atoms with Gasteiger partial charge in [-0.2, -0.15) is 5.10 Å². The van der Waals surface area contributed by atoms with E-state index >= 15 is 0 Å². The number of nitrogens with one attached hydrogen (secondary N) is 2. The lowest BCUT2D eigenvalue weighted by atomic mass is 10.1. The molecule has 0 saturated carbocycles. The summed E-state index contributed by atoms with van der Waals surface area (Å²) in [5, 5.41) is 11.4. The second kappa shape index (κ2) is 5.84. The molecular weight excluding hydrogens is 220 g/mol. The number of thiocarbonyl (C=S) groups is 1. The first kappa shape index (κ1) is 13.0. The highest BCUT2D eigenvalue weighted by Gasteiger charge is 2.12. The Labute approximate surface area is 102 Å². The number of hydrogen-bond acceptors (Lipinski definition) is 2. The Bertz CT molecular complexity index is 359. The van der Waals surface area contributed by atoms with Crippen molar-refractivity contribution in [1.82, 2.24) is 20.4 Å². The molecular formula is C11H20N4S. The summed E-state index contributed by atoms with van der Waals surface area (Å²) in [6.07, 6.45) is 2.07. The average molecular weight is 240 g/mol. The van der Waals surface area contributed by atoms with E-state index in [-0.39, 0.29) is 6.04 Å². The molecule has 2 N–H and O–H groups in total. The molecule has 5 heteroatoms. The van der Waals surface area contributed by atoms with Crippen LogP contribution in [0.4, 0.5) is 0 Å². The third kappa shape index (κ3) is 3.20. The molecule has 0 radical (unpaired) electrons. The SMILES string of the molecule is CCNC(=S)NC(C)c1cn(CC)nc1C. The first-order valence-electron chi connectivity index (χ1n) is 5.66. The van der Waals surface area contributed by atoms with E-state index in [2.05, 4.69) is 35.8 Å². The Morgan fingerprint density at radius 2 is 2.25 bits per heavy atom. The molecule has 1 aromatic rings. The molecule has 0 aromatic carbocycles. The zero-order valence-electron chi connectivity index (χ0n) is 10.4. The van der Waals surface area contributed by atoms with Gasteiger partial charge in [0.2, 0.25) is 0 Å². The van der Waals surface area contributed by atoms with Gasteiger partial charge in [0.05, 0.1) is 11.7 Å². The number of nitrogens with zero attached hydrogens (tertiary/aromatic N) is 2. The largest absolute Gasteiger partial charge is 0.363 e. The standard InChI is InChI=1S/C11H20N4S/c1-5-12-11(16)13-8(3)10-7-15(6-2)14-9(10)4/h7-8H,5-6H2,1-4H3,(H2,12,13,16). The van der Waals surface area contributed by atoms with Crippen molar-refractivity contribution in [2.75, 3.05) is 6.54 Å². The molecule has 0 fully saturated rings. The summed E-state index contributed by atoms with van der Waals surface area (Å²) in [5.41, 5.74) is 2.25. The molecule has 0 aliphatic carbocycles. The monoisotopic (exact) mass is 240 g/mol. The van der Waals surface area contributed by atoms with E-state index in [1.54, 1.807) is 0 Å². The van der Waals surface area contributed by atoms with Gasteiger partial charge in [0, 0.05) is 24.8 Å². The number of hydrogen-bond donors (Lipinski definition) is 2. The summed E-state index contributed by atoms with van der Waals surface area (Å²) in [5.74, 6) is 0.